The molecule has 6 heteroatoms. The van der Waals surface area contributed by atoms with Gasteiger partial charge in [-0.1, -0.05) is 30.3 Å². The van der Waals surface area contributed by atoms with Crippen molar-refractivity contribution in [2.45, 2.75) is 39.7 Å². The molecule has 152 valence electrons. The number of hydrogen-bond donors (Lipinski definition) is 2. The number of ether oxygens (including phenoxy) is 1. The molecule has 1 aliphatic rings. The van der Waals surface area contributed by atoms with Crippen LogP contribution in [0.5, 0.6) is 5.75 Å². The quantitative estimate of drug-likeness (QED) is 0.698. The van der Waals surface area contributed by atoms with Crippen molar-refractivity contribution in [2.75, 3.05) is 37.7 Å². The molecule has 0 spiro atoms. The fourth-order valence-corrected chi connectivity index (χ4v) is 5.01. The molecule has 3 rings (SSSR count). The zero-order chi connectivity index (χ0) is 19.9. The molecule has 2 N–H and O–H groups in total. The first-order valence-electron chi connectivity index (χ1n) is 10.3. The summed E-state index contributed by atoms with van der Waals surface area (Å²) in [6.45, 7) is 10.3. The minimum Gasteiger partial charge on any atom is -0.491 e. The summed E-state index contributed by atoms with van der Waals surface area (Å²) < 4.78 is 6.06. The van der Waals surface area contributed by atoms with Gasteiger partial charge in [0.05, 0.1) is 11.5 Å². The Morgan fingerprint density at radius 3 is 2.61 bits per heavy atom. The van der Waals surface area contributed by atoms with E-state index in [1.807, 2.05) is 25.1 Å². The van der Waals surface area contributed by atoms with Crippen LogP contribution < -0.4 is 20.3 Å². The molecule has 1 amide bonds. The number of carbonyl (C=O) groups excluding carboxylic acids is 1. The molecule has 5 nitrogen and oxygen atoms in total. The van der Waals surface area contributed by atoms with Gasteiger partial charge in [0.25, 0.3) is 5.91 Å². The van der Waals surface area contributed by atoms with Crippen molar-refractivity contribution in [1.29, 1.82) is 0 Å². The van der Waals surface area contributed by atoms with Gasteiger partial charge in [-0.15, -0.1) is 11.3 Å². The van der Waals surface area contributed by atoms with Gasteiger partial charge in [0.2, 0.25) is 0 Å². The highest BCUT2D eigenvalue weighted by molar-refractivity contribution is 7.20. The van der Waals surface area contributed by atoms with Crippen molar-refractivity contribution >= 4 is 22.2 Å². The minimum atomic E-state index is -0.0301. The van der Waals surface area contributed by atoms with Crippen LogP contribution in [-0.2, 0) is 0 Å². The third kappa shape index (κ3) is 4.50. The van der Waals surface area contributed by atoms with Gasteiger partial charge in [0, 0.05) is 25.7 Å². The molecule has 0 radical (unpaired) electrons. The third-order valence-corrected chi connectivity index (χ3v) is 6.36. The molecule has 1 saturated heterocycles. The largest absolute Gasteiger partial charge is 0.491 e. The first-order valence-corrected chi connectivity index (χ1v) is 11.1. The number of nitrogens with zero attached hydrogens (tertiary/aromatic N) is 1. The average Bonchev–Trinajstić information content (AvgIpc) is 3.10. The van der Waals surface area contributed by atoms with Crippen molar-refractivity contribution < 1.29 is 9.53 Å². The summed E-state index contributed by atoms with van der Waals surface area (Å²) >= 11 is 1.65. The Balaban J connectivity index is 2.05. The van der Waals surface area contributed by atoms with Crippen LogP contribution in [0.3, 0.4) is 0 Å². The molecule has 1 unspecified atom stereocenters. The predicted molar refractivity (Wildman–Crippen MR) is 118 cm³/mol. The van der Waals surface area contributed by atoms with Crippen LogP contribution in [-0.4, -0.2) is 44.7 Å². The molecule has 0 bridgehead atoms. The molecule has 1 aromatic carbocycles. The molecule has 0 saturated carbocycles. The molecule has 1 aromatic heterocycles. The van der Waals surface area contributed by atoms with E-state index in [9.17, 15) is 4.79 Å². The Labute approximate surface area is 172 Å². The second-order valence-corrected chi connectivity index (χ2v) is 7.93. The summed E-state index contributed by atoms with van der Waals surface area (Å²) in [4.78, 5) is 16.6. The number of benzene rings is 1. The Morgan fingerprint density at radius 2 is 2.00 bits per heavy atom. The highest BCUT2D eigenvalue weighted by Gasteiger charge is 2.29. The van der Waals surface area contributed by atoms with Crippen molar-refractivity contribution in [3.05, 3.63) is 35.9 Å². The topological polar surface area (TPSA) is 53.6 Å². The second-order valence-electron chi connectivity index (χ2n) is 6.93. The third-order valence-electron chi connectivity index (χ3n) is 5.08. The van der Waals surface area contributed by atoms with Gasteiger partial charge in [-0.05, 0) is 45.7 Å². The highest BCUT2D eigenvalue weighted by atomic mass is 32.1. The lowest BCUT2D eigenvalue weighted by molar-refractivity contribution is 0.0928. The summed E-state index contributed by atoms with van der Waals surface area (Å²) in [5, 5.41) is 7.60. The highest BCUT2D eigenvalue weighted by Crippen LogP contribution is 2.47. The summed E-state index contributed by atoms with van der Waals surface area (Å²) in [5.74, 6) is 0.680. The number of thiophene rings is 1. The van der Waals surface area contributed by atoms with Gasteiger partial charge in [0.15, 0.2) is 5.75 Å². The maximum atomic E-state index is 13.4. The van der Waals surface area contributed by atoms with Crippen LogP contribution in [0.4, 0.5) is 5.00 Å². The van der Waals surface area contributed by atoms with Gasteiger partial charge in [-0.3, -0.25) is 4.79 Å². The van der Waals surface area contributed by atoms with Crippen molar-refractivity contribution in [1.82, 2.24) is 10.6 Å². The molecule has 1 fully saturated rings. The number of nitrogens with one attached hydrogen (secondary N) is 2. The molecule has 28 heavy (non-hydrogen) atoms. The Morgan fingerprint density at radius 1 is 1.25 bits per heavy atom. The first kappa shape index (κ1) is 20.7. The molecule has 2 aromatic rings. The molecule has 0 aliphatic carbocycles. The number of anilines is 1. The van der Waals surface area contributed by atoms with Crippen LogP contribution in [0.25, 0.3) is 10.4 Å². The predicted octanol–water partition coefficient (Wildman–Crippen LogP) is 4.14. The second kappa shape index (κ2) is 9.94. The zero-order valence-electron chi connectivity index (χ0n) is 17.1. The Kier molecular flexibility index (Phi) is 7.34. The van der Waals surface area contributed by atoms with E-state index in [2.05, 4.69) is 41.5 Å². The van der Waals surface area contributed by atoms with Crippen molar-refractivity contribution in [3.63, 3.8) is 0 Å². The van der Waals surface area contributed by atoms with E-state index >= 15 is 0 Å². The van der Waals surface area contributed by atoms with E-state index in [0.29, 0.717) is 17.9 Å². The molecular formula is C22H31N3O2S. The Bertz CT molecular complexity index is 766. The van der Waals surface area contributed by atoms with E-state index in [1.165, 1.54) is 0 Å². The van der Waals surface area contributed by atoms with Gasteiger partial charge in [-0.2, -0.15) is 0 Å². The zero-order valence-corrected chi connectivity index (χ0v) is 17.9. The normalized spacial score (nSPS) is 16.6. The lowest BCUT2D eigenvalue weighted by Crippen LogP contribution is -2.45. The number of amides is 1. The number of piperidine rings is 1. The summed E-state index contributed by atoms with van der Waals surface area (Å²) in [6, 6.07) is 10.4. The Hall–Kier alpha value is -2.05. The maximum Gasteiger partial charge on any atom is 0.258 e. The van der Waals surface area contributed by atoms with E-state index in [-0.39, 0.29) is 11.9 Å². The minimum absolute atomic E-state index is 0.0301. The smallest absolute Gasteiger partial charge is 0.258 e. The van der Waals surface area contributed by atoms with E-state index in [1.54, 1.807) is 11.3 Å². The lowest BCUT2D eigenvalue weighted by Gasteiger charge is -2.25. The van der Waals surface area contributed by atoms with E-state index in [4.69, 9.17) is 4.74 Å². The van der Waals surface area contributed by atoms with Crippen molar-refractivity contribution in [3.8, 4) is 16.2 Å². The summed E-state index contributed by atoms with van der Waals surface area (Å²) in [6.07, 6.45) is 2.10. The maximum absolute atomic E-state index is 13.4. The van der Waals surface area contributed by atoms with E-state index < -0.39 is 0 Å². The number of hydrogen-bond acceptors (Lipinski definition) is 5. The molecule has 2 heterocycles. The van der Waals surface area contributed by atoms with Crippen LogP contribution in [0, 0.1) is 0 Å². The van der Waals surface area contributed by atoms with Gasteiger partial charge < -0.3 is 20.3 Å². The molecule has 1 atom stereocenters. The SMILES string of the molecule is CCOc1c(-c2ccccc2)sc(N(CC)CC)c1C(=O)NC1CCCNC1. The van der Waals surface area contributed by atoms with Crippen LogP contribution in [0.2, 0.25) is 0 Å². The first-order chi connectivity index (χ1) is 13.7. The number of rotatable bonds is 8. The van der Waals surface area contributed by atoms with E-state index in [0.717, 1.165) is 54.5 Å². The standard InChI is InChI=1S/C22H31N3O2S/c1-4-25(5-2)22-18(21(26)24-17-13-10-14-23-15-17)19(27-6-3)20(28-22)16-11-8-7-9-12-16/h7-9,11-12,17,23H,4-6,10,13-15H2,1-3H3,(H,24,26). The monoisotopic (exact) mass is 401 g/mol. The lowest BCUT2D eigenvalue weighted by atomic mass is 10.1. The number of carbonyl (C=O) groups is 1. The summed E-state index contributed by atoms with van der Waals surface area (Å²) in [5.41, 5.74) is 1.77. The van der Waals surface area contributed by atoms with Gasteiger partial charge in [0.1, 0.15) is 10.6 Å². The van der Waals surface area contributed by atoms with Crippen LogP contribution >= 0.6 is 11.3 Å². The van der Waals surface area contributed by atoms with Crippen LogP contribution in [0.15, 0.2) is 30.3 Å². The van der Waals surface area contributed by atoms with Gasteiger partial charge >= 0.3 is 0 Å². The van der Waals surface area contributed by atoms with Crippen molar-refractivity contribution in [2.24, 2.45) is 0 Å². The average molecular weight is 402 g/mol. The fourth-order valence-electron chi connectivity index (χ4n) is 3.63. The summed E-state index contributed by atoms with van der Waals surface area (Å²) in [7, 11) is 0. The fraction of sp³-hybridized carbons (Fsp3) is 0.500. The molecule has 1 aliphatic heterocycles. The van der Waals surface area contributed by atoms with Gasteiger partial charge in [-0.25, -0.2) is 0 Å². The van der Waals surface area contributed by atoms with Crippen LogP contribution in [0.1, 0.15) is 44.0 Å². The molecular weight excluding hydrogens is 370 g/mol.